The second-order valence-electron chi connectivity index (χ2n) is 0.711. The summed E-state index contributed by atoms with van der Waals surface area (Å²) in [5.74, 6) is 0. The Balaban J connectivity index is 2.19. The van der Waals surface area contributed by atoms with Gasteiger partial charge in [-0.1, -0.05) is 13.2 Å². The van der Waals surface area contributed by atoms with E-state index in [4.69, 9.17) is 0 Å². The van der Waals surface area contributed by atoms with E-state index in [1.165, 1.54) is 0 Å². The molecule has 0 aliphatic rings. The van der Waals surface area contributed by atoms with Gasteiger partial charge in [0.15, 0.2) is 0 Å². The van der Waals surface area contributed by atoms with Crippen LogP contribution in [0.5, 0.6) is 0 Å². The van der Waals surface area contributed by atoms with Gasteiger partial charge in [0.1, 0.15) is 0 Å². The first kappa shape index (κ1) is 5.45. The topological polar surface area (TPSA) is 9.23 Å². The molecule has 0 amide bonds. The van der Waals surface area contributed by atoms with E-state index in [0.29, 0.717) is 0 Å². The SMILES string of the molecule is CC[B]OP. The lowest BCUT2D eigenvalue weighted by Gasteiger charge is -1.80. The van der Waals surface area contributed by atoms with Gasteiger partial charge in [-0.25, -0.2) is 0 Å². The molecule has 0 aromatic rings. The van der Waals surface area contributed by atoms with E-state index < -0.39 is 0 Å². The van der Waals surface area contributed by atoms with Crippen LogP contribution in [0.3, 0.4) is 0 Å². The molecule has 1 atom stereocenters. The summed E-state index contributed by atoms with van der Waals surface area (Å²) in [6.07, 6.45) is 0.976. The van der Waals surface area contributed by atoms with Crippen LogP contribution in [-0.4, -0.2) is 7.48 Å². The molecule has 0 aromatic heterocycles. The number of rotatable bonds is 2. The van der Waals surface area contributed by atoms with Crippen LogP contribution in [0.1, 0.15) is 6.92 Å². The van der Waals surface area contributed by atoms with Gasteiger partial charge in [-0.3, -0.25) is 0 Å². The van der Waals surface area contributed by atoms with Crippen LogP contribution < -0.4 is 0 Å². The minimum absolute atomic E-state index is 0.976. The van der Waals surface area contributed by atoms with Gasteiger partial charge >= 0.3 is 0 Å². The Bertz CT molecular complexity index is 17.1. The van der Waals surface area contributed by atoms with E-state index in [1.54, 1.807) is 7.48 Å². The first-order chi connectivity index (χ1) is 2.41. The molecule has 0 bridgehead atoms. The van der Waals surface area contributed by atoms with Crippen LogP contribution in [0.25, 0.3) is 0 Å². The lowest BCUT2D eigenvalue weighted by molar-refractivity contribution is 0.696. The molecule has 0 saturated heterocycles. The first-order valence-corrected chi connectivity index (χ1v) is 2.06. The molecule has 29 valence electrons. The summed E-state index contributed by atoms with van der Waals surface area (Å²) < 4.78 is 4.48. The highest BCUT2D eigenvalue weighted by molar-refractivity contribution is 7.12. The summed E-state index contributed by atoms with van der Waals surface area (Å²) in [7, 11) is 3.86. The summed E-state index contributed by atoms with van der Waals surface area (Å²) in [5, 5.41) is 0. The van der Waals surface area contributed by atoms with Crippen LogP contribution in [0.15, 0.2) is 0 Å². The second-order valence-corrected chi connectivity index (χ2v) is 0.983. The molecule has 1 unspecified atom stereocenters. The van der Waals surface area contributed by atoms with E-state index in [-0.39, 0.29) is 0 Å². The van der Waals surface area contributed by atoms with Crippen LogP contribution in [0.4, 0.5) is 0 Å². The second kappa shape index (κ2) is 4.45. The van der Waals surface area contributed by atoms with Gasteiger partial charge < -0.3 is 4.44 Å². The van der Waals surface area contributed by atoms with Crippen molar-refractivity contribution in [3.8, 4) is 0 Å². The average Bonchev–Trinajstić information content (AvgIpc) is 1.41. The third kappa shape index (κ3) is 4.45. The molecule has 0 fully saturated rings. The van der Waals surface area contributed by atoms with E-state index in [1.807, 2.05) is 6.92 Å². The molecule has 5 heavy (non-hydrogen) atoms. The zero-order chi connectivity index (χ0) is 4.12. The molecule has 0 spiro atoms. The van der Waals surface area contributed by atoms with Crippen molar-refractivity contribution in [3.05, 3.63) is 0 Å². The summed E-state index contributed by atoms with van der Waals surface area (Å²) >= 11 is 0. The third-order valence-corrected chi connectivity index (χ3v) is 0.455. The van der Waals surface area contributed by atoms with Crippen molar-refractivity contribution in [3.63, 3.8) is 0 Å². The highest BCUT2D eigenvalue weighted by Crippen LogP contribution is 1.82. The molecular weight excluding hydrogens is 81.8 g/mol. The molecule has 0 aliphatic carbocycles. The fourth-order valence-corrected chi connectivity index (χ4v) is 0.289. The predicted octanol–water partition coefficient (Wildman–Crippen LogP) is 0.850. The maximum Gasteiger partial charge on any atom is 0.297 e. The largest absolute Gasteiger partial charge is 0.425 e. The number of hydrogen-bond acceptors (Lipinski definition) is 1. The Kier molecular flexibility index (Phi) is 4.86. The molecule has 0 saturated carbocycles. The maximum absolute atomic E-state index is 4.48. The van der Waals surface area contributed by atoms with Gasteiger partial charge in [-0.15, -0.1) is 0 Å². The summed E-state index contributed by atoms with van der Waals surface area (Å²) in [6, 6.07) is 0. The van der Waals surface area contributed by atoms with Crippen molar-refractivity contribution in [1.29, 1.82) is 0 Å². The standard InChI is InChI=1S/C2H7BOP/c1-2-3-4-5/h2,5H2,1H3. The minimum Gasteiger partial charge on any atom is -0.425 e. The predicted molar refractivity (Wildman–Crippen MR) is 27.0 cm³/mol. The third-order valence-electron chi connectivity index (χ3n) is 0.263. The Morgan fingerprint density at radius 2 is 2.60 bits per heavy atom. The summed E-state index contributed by atoms with van der Waals surface area (Å²) in [6.45, 7) is 2.02. The fourth-order valence-electron chi connectivity index (χ4n) is 0.0962. The van der Waals surface area contributed by atoms with Crippen molar-refractivity contribution in [2.24, 2.45) is 0 Å². The van der Waals surface area contributed by atoms with Gasteiger partial charge in [-0.05, 0) is 9.47 Å². The van der Waals surface area contributed by atoms with Gasteiger partial charge in [-0.2, -0.15) is 0 Å². The molecule has 1 nitrogen and oxygen atoms in total. The minimum atomic E-state index is 0.976. The molecule has 0 aromatic carbocycles. The van der Waals surface area contributed by atoms with Gasteiger partial charge in [0, 0.05) is 0 Å². The molecule has 0 N–H and O–H groups in total. The van der Waals surface area contributed by atoms with Crippen molar-refractivity contribution >= 4 is 16.9 Å². The Labute approximate surface area is 35.7 Å². The highest BCUT2D eigenvalue weighted by atomic mass is 31.0. The van der Waals surface area contributed by atoms with Crippen molar-refractivity contribution < 1.29 is 4.44 Å². The lowest BCUT2D eigenvalue weighted by Crippen LogP contribution is -1.79. The van der Waals surface area contributed by atoms with Crippen LogP contribution in [0.2, 0.25) is 6.32 Å². The van der Waals surface area contributed by atoms with E-state index in [0.717, 1.165) is 6.32 Å². The smallest absolute Gasteiger partial charge is 0.297 e. The van der Waals surface area contributed by atoms with Crippen molar-refractivity contribution in [2.75, 3.05) is 0 Å². The lowest BCUT2D eigenvalue weighted by atomic mass is 9.99. The van der Waals surface area contributed by atoms with Crippen molar-refractivity contribution in [2.45, 2.75) is 13.2 Å². The average molecular weight is 88.9 g/mol. The molecule has 0 heterocycles. The number of hydrogen-bond donors (Lipinski definition) is 0. The Hall–Kier alpha value is 0.455. The zero-order valence-corrected chi connectivity index (χ0v) is 4.42. The van der Waals surface area contributed by atoms with E-state index >= 15 is 0 Å². The maximum atomic E-state index is 4.48. The molecule has 0 rings (SSSR count). The van der Waals surface area contributed by atoms with Crippen LogP contribution in [-0.2, 0) is 4.44 Å². The molecule has 1 radical (unpaired) electrons. The van der Waals surface area contributed by atoms with E-state index in [2.05, 4.69) is 13.9 Å². The highest BCUT2D eigenvalue weighted by Gasteiger charge is 1.74. The van der Waals surface area contributed by atoms with E-state index in [9.17, 15) is 0 Å². The van der Waals surface area contributed by atoms with Crippen molar-refractivity contribution in [1.82, 2.24) is 0 Å². The monoisotopic (exact) mass is 89.0 g/mol. The molecule has 0 aliphatic heterocycles. The summed E-state index contributed by atoms with van der Waals surface area (Å²) in [4.78, 5) is 0. The van der Waals surface area contributed by atoms with Gasteiger partial charge in [0.25, 0.3) is 7.48 Å². The molecule has 3 heteroatoms. The molecular formula is C2H7BOP. The first-order valence-electron chi connectivity index (χ1n) is 1.59. The Morgan fingerprint density at radius 1 is 2.00 bits per heavy atom. The van der Waals surface area contributed by atoms with Gasteiger partial charge in [0.05, 0.1) is 0 Å². The van der Waals surface area contributed by atoms with Crippen LogP contribution >= 0.6 is 9.47 Å². The van der Waals surface area contributed by atoms with Crippen LogP contribution in [0, 0.1) is 0 Å². The fraction of sp³-hybridized carbons (Fsp3) is 1.00. The Morgan fingerprint density at radius 3 is 2.60 bits per heavy atom. The zero-order valence-electron chi connectivity index (χ0n) is 3.27. The quantitative estimate of drug-likeness (QED) is 0.360. The normalized spacial score (nSPS) is 7.60. The van der Waals surface area contributed by atoms with Gasteiger partial charge in [0.2, 0.25) is 0 Å². The summed E-state index contributed by atoms with van der Waals surface area (Å²) in [5.41, 5.74) is 0.